The maximum Gasteiger partial charge on any atom is 0.0619 e. The highest BCUT2D eigenvalue weighted by Gasteiger charge is 2.16. The smallest absolute Gasteiger partial charge is 0.0619 e. The minimum atomic E-state index is 0.947. The topological polar surface area (TPSA) is 54.8 Å². The Hall–Kier alpha value is -5.67. The van der Waals surface area contributed by atoms with E-state index in [4.69, 9.17) is 11.1 Å². The summed E-state index contributed by atoms with van der Waals surface area (Å²) in [6.45, 7) is 12.5. The zero-order valence-corrected chi connectivity index (χ0v) is 28.3. The molecule has 238 valence electrons. The second-order valence-electron chi connectivity index (χ2n) is 12.5. The van der Waals surface area contributed by atoms with Crippen LogP contribution in [0.1, 0.15) is 46.1 Å². The Morgan fingerprint density at radius 1 is 0.771 bits per heavy atom. The van der Waals surface area contributed by atoms with Gasteiger partial charge >= 0.3 is 0 Å². The summed E-state index contributed by atoms with van der Waals surface area (Å²) in [5.41, 5.74) is 19.7. The van der Waals surface area contributed by atoms with Crippen molar-refractivity contribution in [3.8, 4) is 16.8 Å². The molecule has 0 saturated carbocycles. The van der Waals surface area contributed by atoms with Gasteiger partial charge in [-0.05, 0) is 127 Å². The van der Waals surface area contributed by atoms with Gasteiger partial charge in [-0.2, -0.15) is 0 Å². The lowest BCUT2D eigenvalue weighted by Gasteiger charge is -2.14. The van der Waals surface area contributed by atoms with E-state index in [0.717, 1.165) is 40.7 Å². The van der Waals surface area contributed by atoms with Gasteiger partial charge in [0.1, 0.15) is 0 Å². The van der Waals surface area contributed by atoms with Crippen LogP contribution in [0.3, 0.4) is 0 Å². The second-order valence-corrected chi connectivity index (χ2v) is 12.5. The zero-order chi connectivity index (χ0) is 33.8. The summed E-state index contributed by atoms with van der Waals surface area (Å²) in [6, 6.07) is 38.9. The van der Waals surface area contributed by atoms with Crippen LogP contribution in [-0.2, 0) is 0 Å². The molecule has 48 heavy (non-hydrogen) atoms. The Balaban J connectivity index is 0.000000261. The van der Waals surface area contributed by atoms with E-state index in [9.17, 15) is 0 Å². The Kier molecular flexibility index (Phi) is 9.40. The van der Waals surface area contributed by atoms with Gasteiger partial charge in [0.2, 0.25) is 0 Å². The largest absolute Gasteiger partial charge is 0.404 e. The lowest BCUT2D eigenvalue weighted by molar-refractivity contribution is 0.991. The van der Waals surface area contributed by atoms with Gasteiger partial charge in [0.05, 0.1) is 11.0 Å². The van der Waals surface area contributed by atoms with Crippen molar-refractivity contribution in [2.24, 2.45) is 5.73 Å². The zero-order valence-electron chi connectivity index (χ0n) is 28.3. The number of nitrogens with two attached hydrogens (primary N) is 1. The molecule has 0 saturated heterocycles. The molecule has 1 aliphatic carbocycles. The molecule has 1 heterocycles. The molecule has 3 nitrogen and oxygen atoms in total. The normalized spacial score (nSPS) is 13.8. The highest BCUT2D eigenvalue weighted by atomic mass is 15.0. The molecular weight excluding hydrogens is 583 g/mol. The molecule has 0 fully saturated rings. The van der Waals surface area contributed by atoms with Gasteiger partial charge in [-0.15, -0.1) is 0 Å². The first-order chi connectivity index (χ1) is 23.3. The monoisotopic (exact) mass is 625 g/mol. The minimum Gasteiger partial charge on any atom is -0.404 e. The standard InChI is InChI=1S/C33H26N2.C12H17N/c1-22(21-34)23(2)27-12-6-7-13-28(27)24-16-18-29-25(20-24)17-19-31-30-14-8-9-15-32(30)35(33(29)31)26-10-4-3-5-11-26;1-9-6-4-5-7-12(9)11(3)10(2)8-13/h3-21H,2,34H2,1H3;6-8,13H,4-5H2,1-3H3/b22-21-;11-10+,13-8?. The van der Waals surface area contributed by atoms with Crippen molar-refractivity contribution in [2.45, 2.75) is 40.5 Å². The molecule has 1 aliphatic rings. The number of benzene rings is 5. The third-order valence-corrected chi connectivity index (χ3v) is 9.56. The molecule has 0 amide bonds. The van der Waals surface area contributed by atoms with E-state index in [-0.39, 0.29) is 0 Å². The number of para-hydroxylation sites is 2. The molecule has 1 aromatic heterocycles. The van der Waals surface area contributed by atoms with Crippen molar-refractivity contribution >= 4 is 44.4 Å². The minimum absolute atomic E-state index is 0.947. The number of nitrogens with one attached hydrogen (secondary N) is 1. The van der Waals surface area contributed by atoms with E-state index in [1.807, 2.05) is 13.8 Å². The summed E-state index contributed by atoms with van der Waals surface area (Å²) in [5.74, 6) is 0. The molecule has 3 N–H and O–H groups in total. The first-order valence-electron chi connectivity index (χ1n) is 16.6. The van der Waals surface area contributed by atoms with Gasteiger partial charge in [-0.3, -0.25) is 0 Å². The maximum absolute atomic E-state index is 7.19. The average molecular weight is 626 g/mol. The second kappa shape index (κ2) is 14.0. The van der Waals surface area contributed by atoms with Crippen LogP contribution >= 0.6 is 0 Å². The number of allylic oxidation sites excluding steroid dienone is 8. The third kappa shape index (κ3) is 6.08. The van der Waals surface area contributed by atoms with Crippen LogP contribution in [0.15, 0.2) is 162 Å². The Morgan fingerprint density at radius 2 is 1.46 bits per heavy atom. The molecule has 3 heteroatoms. The van der Waals surface area contributed by atoms with E-state index < -0.39 is 0 Å². The third-order valence-electron chi connectivity index (χ3n) is 9.56. The predicted octanol–water partition coefficient (Wildman–Crippen LogP) is 12.1. The Labute approximate surface area is 284 Å². The number of rotatable bonds is 6. The van der Waals surface area contributed by atoms with Gasteiger partial charge in [0.15, 0.2) is 0 Å². The molecule has 7 rings (SSSR count). The Morgan fingerprint density at radius 3 is 2.21 bits per heavy atom. The molecule has 5 aromatic carbocycles. The van der Waals surface area contributed by atoms with Crippen LogP contribution < -0.4 is 5.73 Å². The van der Waals surface area contributed by atoms with E-state index >= 15 is 0 Å². The number of hydrogen-bond acceptors (Lipinski definition) is 2. The summed E-state index contributed by atoms with van der Waals surface area (Å²) in [5, 5.41) is 12.2. The summed E-state index contributed by atoms with van der Waals surface area (Å²) < 4.78 is 2.39. The predicted molar refractivity (Wildman–Crippen MR) is 209 cm³/mol. The summed E-state index contributed by atoms with van der Waals surface area (Å²) in [4.78, 5) is 0. The molecule has 0 aliphatic heterocycles. The van der Waals surface area contributed by atoms with Crippen molar-refractivity contribution in [3.05, 3.63) is 168 Å². The van der Waals surface area contributed by atoms with E-state index in [1.54, 1.807) is 6.20 Å². The van der Waals surface area contributed by atoms with Crippen molar-refractivity contribution < 1.29 is 0 Å². The molecule has 0 bridgehead atoms. The molecule has 0 spiro atoms. The van der Waals surface area contributed by atoms with Gasteiger partial charge in [0, 0.05) is 28.1 Å². The van der Waals surface area contributed by atoms with Crippen LogP contribution in [-0.4, -0.2) is 10.8 Å². The quantitative estimate of drug-likeness (QED) is 0.140. The number of nitrogens with zero attached hydrogens (tertiary/aromatic N) is 1. The SMILES string of the molecule is C=C(/C(C)=C\N)c1ccccc1-c1ccc2c(ccc3c4ccccc4n(-c4ccccc4)c23)c1.CC1=CCCC=C1/C(C)=C(\C)C=N. The van der Waals surface area contributed by atoms with Gasteiger partial charge < -0.3 is 15.7 Å². The number of fused-ring (bicyclic) bond motifs is 5. The molecule has 6 aromatic rings. The lowest BCUT2D eigenvalue weighted by Crippen LogP contribution is -1.96. The van der Waals surface area contributed by atoms with Crippen molar-refractivity contribution in [2.75, 3.05) is 0 Å². The summed E-state index contributed by atoms with van der Waals surface area (Å²) >= 11 is 0. The first kappa shape index (κ1) is 32.3. The molecule has 0 atom stereocenters. The Bertz CT molecular complexity index is 2310. The molecular formula is C45H43N3. The van der Waals surface area contributed by atoms with E-state index in [1.165, 1.54) is 66.8 Å². The first-order valence-corrected chi connectivity index (χ1v) is 16.6. The average Bonchev–Trinajstić information content (AvgIpc) is 3.49. The van der Waals surface area contributed by atoms with Crippen molar-refractivity contribution in [1.82, 2.24) is 4.57 Å². The van der Waals surface area contributed by atoms with Crippen LogP contribution in [0, 0.1) is 5.41 Å². The fourth-order valence-corrected chi connectivity index (χ4v) is 6.68. The van der Waals surface area contributed by atoms with E-state index in [2.05, 4.69) is 146 Å². The van der Waals surface area contributed by atoms with Crippen LogP contribution in [0.2, 0.25) is 0 Å². The van der Waals surface area contributed by atoms with Crippen molar-refractivity contribution in [1.29, 1.82) is 5.41 Å². The van der Waals surface area contributed by atoms with Crippen LogP contribution in [0.5, 0.6) is 0 Å². The molecule has 0 radical (unpaired) electrons. The van der Waals surface area contributed by atoms with Gasteiger partial charge in [-0.25, -0.2) is 0 Å². The highest BCUT2D eigenvalue weighted by molar-refractivity contribution is 6.19. The fraction of sp³-hybridized carbons (Fsp3) is 0.133. The van der Waals surface area contributed by atoms with E-state index in [0.29, 0.717) is 0 Å². The van der Waals surface area contributed by atoms with Crippen LogP contribution in [0.25, 0.3) is 55.0 Å². The molecule has 0 unspecified atom stereocenters. The summed E-state index contributed by atoms with van der Waals surface area (Å²) in [6.07, 6.45) is 9.89. The lowest BCUT2D eigenvalue weighted by atomic mass is 9.91. The highest BCUT2D eigenvalue weighted by Crippen LogP contribution is 2.39. The van der Waals surface area contributed by atoms with Gasteiger partial charge in [-0.1, -0.05) is 104 Å². The fourth-order valence-electron chi connectivity index (χ4n) is 6.68. The number of hydrogen-bond donors (Lipinski definition) is 2. The van der Waals surface area contributed by atoms with Gasteiger partial charge in [0.25, 0.3) is 0 Å². The van der Waals surface area contributed by atoms with Crippen LogP contribution in [0.4, 0.5) is 0 Å². The number of aromatic nitrogens is 1. The maximum atomic E-state index is 7.19. The summed E-state index contributed by atoms with van der Waals surface area (Å²) in [7, 11) is 0. The van der Waals surface area contributed by atoms with Crippen molar-refractivity contribution in [3.63, 3.8) is 0 Å².